The molecule has 0 bridgehead atoms. The number of amides is 1. The molecule has 19 heavy (non-hydrogen) atoms. The summed E-state index contributed by atoms with van der Waals surface area (Å²) in [5, 5.41) is 9.74. The van der Waals surface area contributed by atoms with Crippen molar-refractivity contribution >= 4 is 28.8 Å². The van der Waals surface area contributed by atoms with Gasteiger partial charge in [0.1, 0.15) is 0 Å². The zero-order chi connectivity index (χ0) is 14.3. The number of halogens is 1. The second kappa shape index (κ2) is 7.52. The van der Waals surface area contributed by atoms with Crippen LogP contribution in [0.1, 0.15) is 10.4 Å². The van der Waals surface area contributed by atoms with Crippen molar-refractivity contribution in [2.24, 2.45) is 0 Å². The number of thioether (sulfide) groups is 1. The van der Waals surface area contributed by atoms with Gasteiger partial charge >= 0.3 is 5.97 Å². The maximum absolute atomic E-state index is 12.7. The van der Waals surface area contributed by atoms with Crippen molar-refractivity contribution in [3.8, 4) is 0 Å². The molecule has 1 aromatic carbocycles. The van der Waals surface area contributed by atoms with Gasteiger partial charge in [0.2, 0.25) is 5.12 Å². The van der Waals surface area contributed by atoms with Crippen molar-refractivity contribution in [1.82, 2.24) is 5.32 Å². The highest BCUT2D eigenvalue weighted by Gasteiger charge is 2.25. The maximum atomic E-state index is 12.7. The number of hydrogen-bond donors (Lipinski definition) is 2. The van der Waals surface area contributed by atoms with Gasteiger partial charge in [0, 0.05) is 17.9 Å². The zero-order valence-electron chi connectivity index (χ0n) is 9.84. The molecule has 1 rings (SSSR count). The van der Waals surface area contributed by atoms with Crippen LogP contribution in [-0.4, -0.2) is 40.6 Å². The van der Waals surface area contributed by atoms with Crippen molar-refractivity contribution in [2.45, 2.75) is 6.17 Å². The molecule has 1 aromatic rings. The first kappa shape index (κ1) is 15.2. The molecular formula is C12H12FNO4S. The van der Waals surface area contributed by atoms with Gasteiger partial charge in [-0.25, -0.2) is 9.18 Å². The lowest BCUT2D eigenvalue weighted by molar-refractivity contribution is -0.145. The van der Waals surface area contributed by atoms with Crippen LogP contribution in [0.2, 0.25) is 0 Å². The van der Waals surface area contributed by atoms with Gasteiger partial charge in [-0.05, 0) is 12.1 Å². The molecule has 0 aliphatic rings. The summed E-state index contributed by atoms with van der Waals surface area (Å²) in [5.74, 6) is -1.99. The summed E-state index contributed by atoms with van der Waals surface area (Å²) in [7, 11) is 0. The third-order valence-electron chi connectivity index (χ3n) is 2.09. The Morgan fingerprint density at radius 3 is 2.47 bits per heavy atom. The van der Waals surface area contributed by atoms with Crippen LogP contribution in [0.4, 0.5) is 4.39 Å². The predicted octanol–water partition coefficient (Wildman–Crippen LogP) is 1.10. The van der Waals surface area contributed by atoms with Gasteiger partial charge in [0.05, 0.1) is 0 Å². The van der Waals surface area contributed by atoms with Gasteiger partial charge in [-0.1, -0.05) is 30.0 Å². The van der Waals surface area contributed by atoms with E-state index in [0.29, 0.717) is 17.3 Å². The first-order valence-electron chi connectivity index (χ1n) is 5.39. The topological polar surface area (TPSA) is 83.5 Å². The highest BCUT2D eigenvalue weighted by atomic mass is 32.2. The zero-order valence-corrected chi connectivity index (χ0v) is 10.7. The van der Waals surface area contributed by atoms with E-state index in [1.165, 1.54) is 0 Å². The van der Waals surface area contributed by atoms with E-state index in [1.54, 1.807) is 30.3 Å². The fourth-order valence-corrected chi connectivity index (χ4v) is 1.83. The van der Waals surface area contributed by atoms with Crippen LogP contribution >= 0.6 is 11.8 Å². The number of hydrogen-bond acceptors (Lipinski definition) is 4. The summed E-state index contributed by atoms with van der Waals surface area (Å²) in [6.45, 7) is 0.149. The minimum Gasteiger partial charge on any atom is -0.479 e. The van der Waals surface area contributed by atoms with Gasteiger partial charge in [-0.15, -0.1) is 0 Å². The highest BCUT2D eigenvalue weighted by Crippen LogP contribution is 2.08. The normalized spacial score (nSPS) is 11.6. The SMILES string of the molecule is O=C(NCCSC(=O)C(F)C(=O)O)c1ccccc1. The van der Waals surface area contributed by atoms with Crippen molar-refractivity contribution in [3.63, 3.8) is 0 Å². The number of carboxylic acids is 1. The second-order valence-corrected chi connectivity index (χ2v) is 4.59. The Labute approximate surface area is 113 Å². The summed E-state index contributed by atoms with van der Waals surface area (Å²) in [5.41, 5.74) is 0.479. The first-order valence-corrected chi connectivity index (χ1v) is 6.37. The largest absolute Gasteiger partial charge is 0.479 e. The monoisotopic (exact) mass is 285 g/mol. The van der Waals surface area contributed by atoms with Gasteiger partial charge in [-0.2, -0.15) is 0 Å². The third-order valence-corrected chi connectivity index (χ3v) is 2.99. The molecule has 5 nitrogen and oxygen atoms in total. The fourth-order valence-electron chi connectivity index (χ4n) is 1.18. The number of alkyl halides is 1. The van der Waals surface area contributed by atoms with E-state index in [4.69, 9.17) is 5.11 Å². The number of carbonyl (C=O) groups excluding carboxylic acids is 2. The average molecular weight is 285 g/mol. The molecule has 1 atom stereocenters. The molecule has 0 aliphatic carbocycles. The van der Waals surface area contributed by atoms with Crippen molar-refractivity contribution < 1.29 is 23.9 Å². The van der Waals surface area contributed by atoms with E-state index >= 15 is 0 Å². The summed E-state index contributed by atoms with van der Waals surface area (Å²) in [4.78, 5) is 32.7. The van der Waals surface area contributed by atoms with Crippen molar-refractivity contribution in [2.75, 3.05) is 12.3 Å². The van der Waals surface area contributed by atoms with Gasteiger partial charge in [0.15, 0.2) is 0 Å². The number of rotatable bonds is 6. The number of carboxylic acid groups (broad SMARTS) is 1. The molecule has 0 saturated carbocycles. The molecule has 0 heterocycles. The Kier molecular flexibility index (Phi) is 6.01. The van der Waals surface area contributed by atoms with E-state index in [2.05, 4.69) is 5.32 Å². The van der Waals surface area contributed by atoms with Crippen molar-refractivity contribution in [1.29, 1.82) is 0 Å². The molecule has 0 radical (unpaired) electrons. The van der Waals surface area contributed by atoms with Crippen molar-refractivity contribution in [3.05, 3.63) is 35.9 Å². The number of carbonyl (C=O) groups is 3. The Hall–Kier alpha value is -1.89. The first-order chi connectivity index (χ1) is 9.02. The Morgan fingerprint density at radius 2 is 1.89 bits per heavy atom. The summed E-state index contributed by atoms with van der Waals surface area (Å²) in [6, 6.07) is 8.48. The van der Waals surface area contributed by atoms with E-state index in [-0.39, 0.29) is 18.2 Å². The number of nitrogens with one attached hydrogen (secondary N) is 1. The van der Waals surface area contributed by atoms with Crippen LogP contribution in [0.15, 0.2) is 30.3 Å². The molecular weight excluding hydrogens is 273 g/mol. The summed E-state index contributed by atoms with van der Waals surface area (Å²) in [6.07, 6.45) is -2.52. The van der Waals surface area contributed by atoms with Gasteiger partial charge in [0.25, 0.3) is 12.1 Å². The molecule has 0 aromatic heterocycles. The van der Waals surface area contributed by atoms with E-state index < -0.39 is 17.3 Å². The van der Waals surface area contributed by atoms with Crippen LogP contribution in [0.5, 0.6) is 0 Å². The lowest BCUT2D eigenvalue weighted by atomic mass is 10.2. The lowest BCUT2D eigenvalue weighted by Gasteiger charge is -2.05. The van der Waals surface area contributed by atoms with Crippen LogP contribution in [0.25, 0.3) is 0 Å². The molecule has 0 aliphatic heterocycles. The number of benzene rings is 1. The molecule has 0 spiro atoms. The van der Waals surface area contributed by atoms with Crippen LogP contribution in [0, 0.1) is 0 Å². The fraction of sp³-hybridized carbons (Fsp3) is 0.250. The Balaban J connectivity index is 2.27. The van der Waals surface area contributed by atoms with E-state index in [0.717, 1.165) is 0 Å². The van der Waals surface area contributed by atoms with E-state index in [1.807, 2.05) is 0 Å². The molecule has 1 amide bonds. The molecule has 102 valence electrons. The van der Waals surface area contributed by atoms with Crippen LogP contribution in [0.3, 0.4) is 0 Å². The Bertz CT molecular complexity index is 466. The number of aliphatic carboxylic acids is 1. The lowest BCUT2D eigenvalue weighted by Crippen LogP contribution is -2.27. The highest BCUT2D eigenvalue weighted by molar-refractivity contribution is 8.13. The molecule has 1 unspecified atom stereocenters. The minimum atomic E-state index is -2.52. The van der Waals surface area contributed by atoms with Crippen LogP contribution in [-0.2, 0) is 9.59 Å². The van der Waals surface area contributed by atoms with E-state index in [9.17, 15) is 18.8 Å². The second-order valence-electron chi connectivity index (χ2n) is 3.49. The quantitative estimate of drug-likeness (QED) is 0.604. The van der Waals surface area contributed by atoms with Gasteiger partial charge in [-0.3, -0.25) is 9.59 Å². The minimum absolute atomic E-state index is 0.116. The molecule has 0 saturated heterocycles. The predicted molar refractivity (Wildman–Crippen MR) is 68.8 cm³/mol. The van der Waals surface area contributed by atoms with Crippen LogP contribution < -0.4 is 5.32 Å². The third kappa shape index (κ3) is 5.09. The molecule has 0 fully saturated rings. The maximum Gasteiger partial charge on any atom is 0.347 e. The smallest absolute Gasteiger partial charge is 0.347 e. The molecule has 7 heteroatoms. The van der Waals surface area contributed by atoms with Gasteiger partial charge < -0.3 is 10.4 Å². The average Bonchev–Trinajstić information content (AvgIpc) is 2.43. The summed E-state index contributed by atoms with van der Waals surface area (Å²) < 4.78 is 12.7. The Morgan fingerprint density at radius 1 is 1.26 bits per heavy atom. The molecule has 2 N–H and O–H groups in total. The summed E-state index contributed by atoms with van der Waals surface area (Å²) >= 11 is 0.541. The standard InChI is InChI=1S/C12H12FNO4S/c13-9(11(16)17)12(18)19-7-6-14-10(15)8-4-2-1-3-5-8/h1-5,9H,6-7H2,(H,14,15)(H,16,17).